The van der Waals surface area contributed by atoms with Crippen LogP contribution in [-0.4, -0.2) is 52.2 Å². The average molecular weight is 312 g/mol. The van der Waals surface area contributed by atoms with E-state index < -0.39 is 10.2 Å². The van der Waals surface area contributed by atoms with E-state index >= 15 is 0 Å². The Labute approximate surface area is 125 Å². The van der Waals surface area contributed by atoms with Gasteiger partial charge in [0.1, 0.15) is 5.75 Å². The van der Waals surface area contributed by atoms with E-state index in [9.17, 15) is 8.42 Å². The molecule has 0 saturated carbocycles. The molecule has 1 aromatic carbocycles. The van der Waals surface area contributed by atoms with Crippen LogP contribution in [0.5, 0.6) is 5.75 Å². The molecule has 1 fully saturated rings. The van der Waals surface area contributed by atoms with Crippen molar-refractivity contribution >= 4 is 10.2 Å². The molecule has 3 rings (SSSR count). The summed E-state index contributed by atoms with van der Waals surface area (Å²) in [5.41, 5.74) is 1.14. The number of ether oxygens (including phenoxy) is 2. The van der Waals surface area contributed by atoms with Gasteiger partial charge < -0.3 is 9.47 Å². The van der Waals surface area contributed by atoms with Crippen LogP contribution >= 0.6 is 0 Å². The Morgan fingerprint density at radius 3 is 2.81 bits per heavy atom. The van der Waals surface area contributed by atoms with Gasteiger partial charge in [0.2, 0.25) is 0 Å². The SMILES string of the molecule is O=S(=O)(NC[C@@H]1COc2ccccc2C1)N1CCOCC1. The van der Waals surface area contributed by atoms with Gasteiger partial charge in [0, 0.05) is 25.6 Å². The number of para-hydroxylation sites is 1. The molecular formula is C14H20N2O4S. The van der Waals surface area contributed by atoms with Gasteiger partial charge in [0.05, 0.1) is 19.8 Å². The van der Waals surface area contributed by atoms with Gasteiger partial charge in [0.25, 0.3) is 10.2 Å². The third kappa shape index (κ3) is 3.55. The van der Waals surface area contributed by atoms with Gasteiger partial charge in [-0.2, -0.15) is 12.7 Å². The van der Waals surface area contributed by atoms with E-state index in [0.29, 0.717) is 39.5 Å². The minimum absolute atomic E-state index is 0.163. The van der Waals surface area contributed by atoms with Crippen molar-refractivity contribution in [1.29, 1.82) is 0 Å². The lowest BCUT2D eigenvalue weighted by Crippen LogP contribution is -2.48. The second kappa shape index (κ2) is 6.31. The van der Waals surface area contributed by atoms with E-state index in [1.54, 1.807) is 0 Å². The van der Waals surface area contributed by atoms with Gasteiger partial charge in [-0.25, -0.2) is 4.72 Å². The molecule has 0 bridgehead atoms. The smallest absolute Gasteiger partial charge is 0.279 e. The summed E-state index contributed by atoms with van der Waals surface area (Å²) in [4.78, 5) is 0. The molecule has 0 amide bonds. The van der Waals surface area contributed by atoms with Crippen molar-refractivity contribution in [2.24, 2.45) is 5.92 Å². The molecule has 0 unspecified atom stereocenters. The summed E-state index contributed by atoms with van der Waals surface area (Å²) in [5.74, 6) is 1.07. The lowest BCUT2D eigenvalue weighted by atomic mass is 9.97. The van der Waals surface area contributed by atoms with Crippen molar-refractivity contribution in [2.45, 2.75) is 6.42 Å². The Balaban J connectivity index is 1.56. The predicted molar refractivity (Wildman–Crippen MR) is 78.4 cm³/mol. The maximum Gasteiger partial charge on any atom is 0.279 e. The molecule has 0 aromatic heterocycles. The van der Waals surface area contributed by atoms with Crippen LogP contribution in [0.1, 0.15) is 5.56 Å². The lowest BCUT2D eigenvalue weighted by molar-refractivity contribution is 0.0723. The fraction of sp³-hybridized carbons (Fsp3) is 0.571. The highest BCUT2D eigenvalue weighted by atomic mass is 32.2. The molecule has 2 aliphatic heterocycles. The molecule has 1 aromatic rings. The largest absolute Gasteiger partial charge is 0.493 e. The van der Waals surface area contributed by atoms with Crippen LogP contribution < -0.4 is 9.46 Å². The second-order valence-electron chi connectivity index (χ2n) is 5.35. The summed E-state index contributed by atoms with van der Waals surface area (Å²) in [6, 6.07) is 7.89. The van der Waals surface area contributed by atoms with Crippen LogP contribution in [0.15, 0.2) is 24.3 Å². The molecule has 1 atom stereocenters. The first kappa shape index (κ1) is 14.8. The molecule has 7 heteroatoms. The molecule has 1 saturated heterocycles. The van der Waals surface area contributed by atoms with Crippen molar-refractivity contribution in [3.63, 3.8) is 0 Å². The summed E-state index contributed by atoms with van der Waals surface area (Å²) < 4.78 is 39.4. The number of hydrogen-bond acceptors (Lipinski definition) is 4. The first-order chi connectivity index (χ1) is 10.1. The summed E-state index contributed by atoms with van der Waals surface area (Å²) in [5, 5.41) is 0. The third-order valence-corrected chi connectivity index (χ3v) is 5.40. The van der Waals surface area contributed by atoms with Gasteiger partial charge in [-0.15, -0.1) is 0 Å². The van der Waals surface area contributed by atoms with E-state index in [-0.39, 0.29) is 5.92 Å². The van der Waals surface area contributed by atoms with Crippen molar-refractivity contribution in [1.82, 2.24) is 9.03 Å². The number of fused-ring (bicyclic) bond motifs is 1. The van der Waals surface area contributed by atoms with Gasteiger partial charge in [-0.3, -0.25) is 0 Å². The van der Waals surface area contributed by atoms with Crippen molar-refractivity contribution in [2.75, 3.05) is 39.5 Å². The van der Waals surface area contributed by atoms with Crippen LogP contribution in [0.25, 0.3) is 0 Å². The number of morpholine rings is 1. The Bertz CT molecular complexity index is 584. The maximum absolute atomic E-state index is 12.2. The molecule has 1 N–H and O–H groups in total. The van der Waals surface area contributed by atoms with Crippen molar-refractivity contribution < 1.29 is 17.9 Å². The Kier molecular flexibility index (Phi) is 4.44. The third-order valence-electron chi connectivity index (χ3n) is 3.82. The lowest BCUT2D eigenvalue weighted by Gasteiger charge is -2.29. The van der Waals surface area contributed by atoms with Gasteiger partial charge in [-0.05, 0) is 18.1 Å². The number of benzene rings is 1. The summed E-state index contributed by atoms with van der Waals surface area (Å²) in [6.45, 7) is 2.69. The number of rotatable bonds is 4. The van der Waals surface area contributed by atoms with Gasteiger partial charge in [0.15, 0.2) is 0 Å². The highest BCUT2D eigenvalue weighted by Gasteiger charge is 2.26. The zero-order valence-electron chi connectivity index (χ0n) is 11.8. The molecule has 0 spiro atoms. The zero-order chi connectivity index (χ0) is 14.7. The van der Waals surface area contributed by atoms with E-state index in [1.165, 1.54) is 4.31 Å². The quantitative estimate of drug-likeness (QED) is 0.874. The molecule has 2 aliphatic rings. The molecule has 21 heavy (non-hydrogen) atoms. The molecule has 116 valence electrons. The number of nitrogens with zero attached hydrogens (tertiary/aromatic N) is 1. The molecular weight excluding hydrogens is 292 g/mol. The Morgan fingerprint density at radius 2 is 2.00 bits per heavy atom. The predicted octanol–water partition coefficient (Wildman–Crippen LogP) is 0.404. The standard InChI is InChI=1S/C14H20N2O4S/c17-21(18,16-5-7-19-8-6-16)15-10-12-9-13-3-1-2-4-14(13)20-11-12/h1-4,12,15H,5-11H2/t12-/m1/s1. The van der Waals surface area contributed by atoms with Crippen LogP contribution in [0.2, 0.25) is 0 Å². The van der Waals surface area contributed by atoms with Crippen LogP contribution in [0.3, 0.4) is 0 Å². The normalized spacial score (nSPS) is 23.3. The molecule has 0 aliphatic carbocycles. The number of hydrogen-bond donors (Lipinski definition) is 1. The van der Waals surface area contributed by atoms with Gasteiger partial charge >= 0.3 is 0 Å². The Morgan fingerprint density at radius 1 is 1.24 bits per heavy atom. The zero-order valence-corrected chi connectivity index (χ0v) is 12.6. The molecule has 6 nitrogen and oxygen atoms in total. The summed E-state index contributed by atoms with van der Waals surface area (Å²) >= 11 is 0. The first-order valence-corrected chi connectivity index (χ1v) is 8.62. The first-order valence-electron chi connectivity index (χ1n) is 7.18. The topological polar surface area (TPSA) is 67.9 Å². The summed E-state index contributed by atoms with van der Waals surface area (Å²) in [6.07, 6.45) is 0.835. The monoisotopic (exact) mass is 312 g/mol. The maximum atomic E-state index is 12.2. The molecule has 2 heterocycles. The van der Waals surface area contributed by atoms with E-state index in [2.05, 4.69) is 4.72 Å². The summed E-state index contributed by atoms with van der Waals surface area (Å²) in [7, 11) is -3.41. The van der Waals surface area contributed by atoms with Crippen LogP contribution in [0, 0.1) is 5.92 Å². The van der Waals surface area contributed by atoms with Gasteiger partial charge in [-0.1, -0.05) is 18.2 Å². The van der Waals surface area contributed by atoms with E-state index in [1.807, 2.05) is 24.3 Å². The van der Waals surface area contributed by atoms with Crippen LogP contribution in [-0.2, 0) is 21.4 Å². The number of nitrogens with one attached hydrogen (secondary N) is 1. The fourth-order valence-corrected chi connectivity index (χ4v) is 3.88. The molecule has 0 radical (unpaired) electrons. The van der Waals surface area contributed by atoms with E-state index in [4.69, 9.17) is 9.47 Å². The minimum atomic E-state index is -3.41. The fourth-order valence-electron chi connectivity index (χ4n) is 2.62. The Hall–Kier alpha value is -1.15. The highest BCUT2D eigenvalue weighted by molar-refractivity contribution is 7.87. The average Bonchev–Trinajstić information content (AvgIpc) is 2.54. The van der Waals surface area contributed by atoms with Crippen molar-refractivity contribution in [3.05, 3.63) is 29.8 Å². The minimum Gasteiger partial charge on any atom is -0.493 e. The van der Waals surface area contributed by atoms with E-state index in [0.717, 1.165) is 17.7 Å². The van der Waals surface area contributed by atoms with Crippen molar-refractivity contribution in [3.8, 4) is 5.75 Å². The van der Waals surface area contributed by atoms with Crippen LogP contribution in [0.4, 0.5) is 0 Å². The highest BCUT2D eigenvalue weighted by Crippen LogP contribution is 2.26. The second-order valence-corrected chi connectivity index (χ2v) is 7.11.